The number of nitrogens with zero attached hydrogens (tertiary/aromatic N) is 1. The van der Waals surface area contributed by atoms with Crippen molar-refractivity contribution in [2.24, 2.45) is 11.8 Å². The first-order valence-corrected chi connectivity index (χ1v) is 6.77. The number of amides is 3. The minimum Gasteiger partial charge on any atom is -0.355 e. The van der Waals surface area contributed by atoms with Crippen molar-refractivity contribution in [1.82, 2.24) is 10.2 Å². The molecule has 0 radical (unpaired) electrons. The fourth-order valence-electron chi connectivity index (χ4n) is 2.85. The molecular weight excluding hydrogens is 232 g/mol. The predicted octanol–water partition coefficient (Wildman–Crippen LogP) is 0.688. The van der Waals surface area contributed by atoms with E-state index in [1.807, 2.05) is 6.92 Å². The topological polar surface area (TPSA) is 66.5 Å². The van der Waals surface area contributed by atoms with Gasteiger partial charge in [0, 0.05) is 6.54 Å². The second kappa shape index (κ2) is 5.50. The number of carbonyl (C=O) groups excluding carboxylic acids is 3. The van der Waals surface area contributed by atoms with E-state index in [-0.39, 0.29) is 36.1 Å². The van der Waals surface area contributed by atoms with Crippen LogP contribution in [0.4, 0.5) is 0 Å². The van der Waals surface area contributed by atoms with E-state index in [9.17, 15) is 14.4 Å². The van der Waals surface area contributed by atoms with E-state index in [4.69, 9.17) is 0 Å². The van der Waals surface area contributed by atoms with Crippen LogP contribution in [-0.4, -0.2) is 35.7 Å². The minimum atomic E-state index is -0.239. The first-order chi connectivity index (χ1) is 8.65. The standard InChI is InChI=1S/C13H20N2O3/c1-2-7-14-11(16)8-15-12(17)9-5-3-4-6-10(9)13(15)18/h9-10H,2-8H2,1H3,(H,14,16). The first kappa shape index (κ1) is 13.1. The molecule has 0 aromatic carbocycles. The van der Waals surface area contributed by atoms with Crippen molar-refractivity contribution in [3.05, 3.63) is 0 Å². The molecule has 2 atom stereocenters. The van der Waals surface area contributed by atoms with Crippen molar-refractivity contribution in [3.8, 4) is 0 Å². The lowest BCUT2D eigenvalue weighted by Crippen LogP contribution is -2.41. The van der Waals surface area contributed by atoms with Crippen molar-refractivity contribution in [2.45, 2.75) is 39.0 Å². The number of rotatable bonds is 4. The molecule has 0 aromatic rings. The summed E-state index contributed by atoms with van der Waals surface area (Å²) in [6, 6.07) is 0. The molecule has 18 heavy (non-hydrogen) atoms. The summed E-state index contributed by atoms with van der Waals surface area (Å²) in [5.41, 5.74) is 0. The smallest absolute Gasteiger partial charge is 0.240 e. The van der Waals surface area contributed by atoms with Gasteiger partial charge in [-0.25, -0.2) is 0 Å². The number of likely N-dealkylation sites (tertiary alicyclic amines) is 1. The Labute approximate surface area is 107 Å². The van der Waals surface area contributed by atoms with Crippen LogP contribution in [0, 0.1) is 11.8 Å². The van der Waals surface area contributed by atoms with E-state index in [0.29, 0.717) is 6.54 Å². The van der Waals surface area contributed by atoms with Crippen molar-refractivity contribution in [2.75, 3.05) is 13.1 Å². The Morgan fingerprint density at radius 2 is 1.78 bits per heavy atom. The molecule has 2 rings (SSSR count). The minimum absolute atomic E-state index is 0.106. The van der Waals surface area contributed by atoms with Gasteiger partial charge in [0.05, 0.1) is 11.8 Å². The van der Waals surface area contributed by atoms with Crippen LogP contribution < -0.4 is 5.32 Å². The Bertz CT molecular complexity index is 343. The van der Waals surface area contributed by atoms with Crippen molar-refractivity contribution in [3.63, 3.8) is 0 Å². The zero-order valence-electron chi connectivity index (χ0n) is 10.8. The van der Waals surface area contributed by atoms with Gasteiger partial charge >= 0.3 is 0 Å². The first-order valence-electron chi connectivity index (χ1n) is 6.77. The number of hydrogen-bond donors (Lipinski definition) is 1. The van der Waals surface area contributed by atoms with Crippen molar-refractivity contribution in [1.29, 1.82) is 0 Å². The summed E-state index contributed by atoms with van der Waals surface area (Å²) < 4.78 is 0. The zero-order valence-corrected chi connectivity index (χ0v) is 10.8. The van der Waals surface area contributed by atoms with E-state index in [1.54, 1.807) is 0 Å². The third-order valence-corrected chi connectivity index (χ3v) is 3.81. The van der Waals surface area contributed by atoms with Crippen LogP contribution in [0.25, 0.3) is 0 Å². The Kier molecular flexibility index (Phi) is 3.99. The van der Waals surface area contributed by atoms with Gasteiger partial charge in [-0.15, -0.1) is 0 Å². The summed E-state index contributed by atoms with van der Waals surface area (Å²) in [5.74, 6) is -0.847. The molecule has 0 spiro atoms. The number of fused-ring (bicyclic) bond motifs is 1. The van der Waals surface area contributed by atoms with Crippen LogP contribution in [0.3, 0.4) is 0 Å². The lowest BCUT2D eigenvalue weighted by atomic mass is 9.81. The summed E-state index contributed by atoms with van der Waals surface area (Å²) in [6.45, 7) is 2.44. The van der Waals surface area contributed by atoms with Crippen LogP contribution in [0.5, 0.6) is 0 Å². The SMILES string of the molecule is CCCNC(=O)CN1C(=O)C2CCCCC2C1=O. The van der Waals surface area contributed by atoms with Gasteiger partial charge in [-0.05, 0) is 19.3 Å². The molecule has 2 unspecified atom stereocenters. The average Bonchev–Trinajstić information content (AvgIpc) is 2.62. The molecule has 5 nitrogen and oxygen atoms in total. The van der Waals surface area contributed by atoms with E-state index in [0.717, 1.165) is 37.0 Å². The maximum Gasteiger partial charge on any atom is 0.240 e. The maximum atomic E-state index is 12.1. The number of nitrogens with one attached hydrogen (secondary N) is 1. The van der Waals surface area contributed by atoms with Gasteiger partial charge in [-0.3, -0.25) is 19.3 Å². The molecule has 1 heterocycles. The Morgan fingerprint density at radius 1 is 1.22 bits per heavy atom. The molecule has 1 aliphatic heterocycles. The summed E-state index contributed by atoms with van der Waals surface area (Å²) in [6.07, 6.45) is 4.45. The van der Waals surface area contributed by atoms with Crippen molar-refractivity contribution < 1.29 is 14.4 Å². The highest BCUT2D eigenvalue weighted by Gasteiger charge is 2.48. The summed E-state index contributed by atoms with van der Waals surface area (Å²) in [7, 11) is 0. The number of hydrogen-bond acceptors (Lipinski definition) is 3. The van der Waals surface area contributed by atoms with E-state index in [1.165, 1.54) is 0 Å². The quantitative estimate of drug-likeness (QED) is 0.748. The molecular formula is C13H20N2O3. The molecule has 2 fully saturated rings. The molecule has 1 N–H and O–H groups in total. The molecule has 2 aliphatic rings. The Balaban J connectivity index is 1.98. The molecule has 0 aromatic heterocycles. The molecule has 100 valence electrons. The highest BCUT2D eigenvalue weighted by molar-refractivity contribution is 6.07. The molecule has 1 saturated carbocycles. The third-order valence-electron chi connectivity index (χ3n) is 3.81. The van der Waals surface area contributed by atoms with Gasteiger partial charge in [0.2, 0.25) is 17.7 Å². The second-order valence-electron chi connectivity index (χ2n) is 5.11. The van der Waals surface area contributed by atoms with Gasteiger partial charge < -0.3 is 5.32 Å². The number of imide groups is 1. The van der Waals surface area contributed by atoms with Gasteiger partial charge in [-0.2, -0.15) is 0 Å². The van der Waals surface area contributed by atoms with Crippen LogP contribution in [0.15, 0.2) is 0 Å². The molecule has 1 aliphatic carbocycles. The summed E-state index contributed by atoms with van der Waals surface area (Å²) in [5, 5.41) is 2.70. The fraction of sp³-hybridized carbons (Fsp3) is 0.769. The predicted molar refractivity (Wildman–Crippen MR) is 65.5 cm³/mol. The van der Waals surface area contributed by atoms with Crippen molar-refractivity contribution >= 4 is 17.7 Å². The fourth-order valence-corrected chi connectivity index (χ4v) is 2.85. The van der Waals surface area contributed by atoms with Gasteiger partial charge in [0.1, 0.15) is 6.54 Å². The summed E-state index contributed by atoms with van der Waals surface area (Å²) >= 11 is 0. The van der Waals surface area contributed by atoms with E-state index < -0.39 is 0 Å². The molecule has 0 bridgehead atoms. The lowest BCUT2D eigenvalue weighted by molar-refractivity contribution is -0.143. The zero-order chi connectivity index (χ0) is 13.1. The van der Waals surface area contributed by atoms with Gasteiger partial charge in [0.25, 0.3) is 0 Å². The van der Waals surface area contributed by atoms with Crippen LogP contribution >= 0.6 is 0 Å². The molecule has 1 saturated heterocycles. The largest absolute Gasteiger partial charge is 0.355 e. The van der Waals surface area contributed by atoms with E-state index >= 15 is 0 Å². The van der Waals surface area contributed by atoms with Crippen LogP contribution in [0.2, 0.25) is 0 Å². The third kappa shape index (κ3) is 2.40. The highest BCUT2D eigenvalue weighted by Crippen LogP contribution is 2.37. The normalized spacial score (nSPS) is 27.3. The monoisotopic (exact) mass is 252 g/mol. The van der Waals surface area contributed by atoms with Gasteiger partial charge in [-0.1, -0.05) is 19.8 Å². The number of carbonyl (C=O) groups is 3. The van der Waals surface area contributed by atoms with Crippen LogP contribution in [0.1, 0.15) is 39.0 Å². The Morgan fingerprint density at radius 3 is 2.28 bits per heavy atom. The lowest BCUT2D eigenvalue weighted by Gasteiger charge is -2.19. The molecule has 5 heteroatoms. The summed E-state index contributed by atoms with van der Waals surface area (Å²) in [4.78, 5) is 36.9. The highest BCUT2D eigenvalue weighted by atomic mass is 16.2. The van der Waals surface area contributed by atoms with E-state index in [2.05, 4.69) is 5.32 Å². The van der Waals surface area contributed by atoms with Crippen LogP contribution in [-0.2, 0) is 14.4 Å². The second-order valence-corrected chi connectivity index (χ2v) is 5.11. The average molecular weight is 252 g/mol. The maximum absolute atomic E-state index is 12.1. The Hall–Kier alpha value is -1.39. The molecule has 3 amide bonds. The van der Waals surface area contributed by atoms with Gasteiger partial charge in [0.15, 0.2) is 0 Å².